The summed E-state index contributed by atoms with van der Waals surface area (Å²) in [5.74, 6) is 0.645. The van der Waals surface area contributed by atoms with Gasteiger partial charge in [-0.15, -0.1) is 11.3 Å². The molecule has 1 aliphatic heterocycles. The monoisotopic (exact) mass is 475 g/mol. The number of likely N-dealkylation sites (tertiary alicyclic amines) is 1. The SMILES string of the molecule is Cc1nc(CN2CCC(COc3cc(F)c(C(=O)NSC4CC4)cc3C3CC3)CC2)cs1. The molecule has 0 spiro atoms. The van der Waals surface area contributed by atoms with Crippen LogP contribution in [0.3, 0.4) is 0 Å². The summed E-state index contributed by atoms with van der Waals surface area (Å²) in [6.45, 7) is 5.63. The second kappa shape index (κ2) is 9.69. The highest BCUT2D eigenvalue weighted by molar-refractivity contribution is 7.98. The van der Waals surface area contributed by atoms with Crippen molar-refractivity contribution in [3.63, 3.8) is 0 Å². The molecule has 3 aliphatic rings. The molecule has 1 N–H and O–H groups in total. The molecule has 8 heteroatoms. The van der Waals surface area contributed by atoms with E-state index in [1.807, 2.05) is 6.92 Å². The number of ether oxygens (including phenoxy) is 1. The molecule has 2 saturated carbocycles. The second-order valence-corrected chi connectivity index (χ2v) is 11.4. The number of hydrogen-bond acceptors (Lipinski definition) is 6. The van der Waals surface area contributed by atoms with Gasteiger partial charge in [0.25, 0.3) is 5.91 Å². The fourth-order valence-corrected chi connectivity index (χ4v) is 5.55. The summed E-state index contributed by atoms with van der Waals surface area (Å²) in [6.07, 6.45) is 6.54. The van der Waals surface area contributed by atoms with Gasteiger partial charge in [0.1, 0.15) is 11.6 Å². The third-order valence-corrected chi connectivity index (χ3v) is 8.37. The first-order valence-electron chi connectivity index (χ1n) is 11.6. The number of aromatic nitrogens is 1. The van der Waals surface area contributed by atoms with Gasteiger partial charge in [-0.25, -0.2) is 9.37 Å². The van der Waals surface area contributed by atoms with Crippen molar-refractivity contribution >= 4 is 29.2 Å². The van der Waals surface area contributed by atoms with Gasteiger partial charge in [0.15, 0.2) is 0 Å². The number of piperidine rings is 1. The van der Waals surface area contributed by atoms with Gasteiger partial charge < -0.3 is 4.74 Å². The van der Waals surface area contributed by atoms with Crippen LogP contribution in [0.2, 0.25) is 0 Å². The Labute approximate surface area is 197 Å². The number of halogens is 1. The number of carbonyl (C=O) groups is 1. The van der Waals surface area contributed by atoms with E-state index in [-0.39, 0.29) is 11.5 Å². The van der Waals surface area contributed by atoms with E-state index in [2.05, 4.69) is 20.0 Å². The van der Waals surface area contributed by atoms with Gasteiger partial charge in [0.05, 0.1) is 22.9 Å². The smallest absolute Gasteiger partial charge is 0.264 e. The first-order valence-corrected chi connectivity index (χ1v) is 13.4. The Balaban J connectivity index is 1.16. The normalized spacial score (nSPS) is 19.8. The summed E-state index contributed by atoms with van der Waals surface area (Å²) in [6, 6.07) is 3.16. The molecule has 0 unspecified atom stereocenters. The average Bonchev–Trinajstić information content (AvgIpc) is 3.71. The van der Waals surface area contributed by atoms with Crippen molar-refractivity contribution in [1.29, 1.82) is 0 Å². The van der Waals surface area contributed by atoms with E-state index in [0.29, 0.717) is 29.4 Å². The third-order valence-electron chi connectivity index (χ3n) is 6.44. The van der Waals surface area contributed by atoms with E-state index in [1.54, 1.807) is 17.4 Å². The van der Waals surface area contributed by atoms with E-state index < -0.39 is 5.82 Å². The maximum Gasteiger partial charge on any atom is 0.264 e. The van der Waals surface area contributed by atoms with Gasteiger partial charge in [-0.3, -0.25) is 14.4 Å². The molecule has 5 rings (SSSR count). The molecule has 32 heavy (non-hydrogen) atoms. The number of thiazole rings is 1. The van der Waals surface area contributed by atoms with E-state index in [9.17, 15) is 9.18 Å². The zero-order chi connectivity index (χ0) is 22.1. The molecule has 2 heterocycles. The second-order valence-electron chi connectivity index (χ2n) is 9.28. The highest BCUT2D eigenvalue weighted by Crippen LogP contribution is 2.45. The highest BCUT2D eigenvalue weighted by atomic mass is 32.2. The number of aryl methyl sites for hydroxylation is 1. The predicted octanol–water partition coefficient (Wildman–Crippen LogP) is 5.30. The van der Waals surface area contributed by atoms with Crippen LogP contribution in [0.4, 0.5) is 4.39 Å². The number of amides is 1. The zero-order valence-corrected chi connectivity index (χ0v) is 20.1. The molecule has 1 aromatic heterocycles. The Morgan fingerprint density at radius 3 is 2.69 bits per heavy atom. The van der Waals surface area contributed by atoms with Crippen LogP contribution in [-0.4, -0.2) is 40.7 Å². The van der Waals surface area contributed by atoms with Crippen molar-refractivity contribution < 1.29 is 13.9 Å². The zero-order valence-electron chi connectivity index (χ0n) is 18.4. The number of nitrogens with zero attached hydrogens (tertiary/aromatic N) is 2. The number of carbonyl (C=O) groups excluding carboxylic acids is 1. The maximum absolute atomic E-state index is 14.8. The Morgan fingerprint density at radius 2 is 2.03 bits per heavy atom. The topological polar surface area (TPSA) is 54.5 Å². The Hall–Kier alpha value is -1.64. The van der Waals surface area contributed by atoms with Crippen LogP contribution < -0.4 is 9.46 Å². The van der Waals surface area contributed by atoms with Gasteiger partial charge in [0, 0.05) is 23.2 Å². The molecule has 0 atom stereocenters. The first-order chi connectivity index (χ1) is 15.5. The van der Waals surface area contributed by atoms with E-state index in [4.69, 9.17) is 4.74 Å². The predicted molar refractivity (Wildman–Crippen MR) is 127 cm³/mol. The highest BCUT2D eigenvalue weighted by Gasteiger charge is 2.31. The van der Waals surface area contributed by atoms with Gasteiger partial charge in [-0.2, -0.15) is 0 Å². The van der Waals surface area contributed by atoms with E-state index in [1.165, 1.54) is 18.0 Å². The van der Waals surface area contributed by atoms with Crippen LogP contribution in [0.5, 0.6) is 5.75 Å². The van der Waals surface area contributed by atoms with Crippen LogP contribution in [0.15, 0.2) is 17.5 Å². The molecule has 2 aromatic rings. The quantitative estimate of drug-likeness (QED) is 0.499. The molecule has 172 valence electrons. The van der Waals surface area contributed by atoms with Crippen LogP contribution in [-0.2, 0) is 6.54 Å². The lowest BCUT2D eigenvalue weighted by Crippen LogP contribution is -2.35. The molecule has 5 nitrogen and oxygen atoms in total. The Kier molecular flexibility index (Phi) is 6.71. The number of benzene rings is 1. The fraction of sp³-hybridized carbons (Fsp3) is 0.583. The molecule has 3 fully saturated rings. The largest absolute Gasteiger partial charge is 0.493 e. The van der Waals surface area contributed by atoms with Crippen molar-refractivity contribution in [3.8, 4) is 5.75 Å². The molecular formula is C24H30FN3O2S2. The lowest BCUT2D eigenvalue weighted by atomic mass is 9.97. The molecule has 2 aliphatic carbocycles. The van der Waals surface area contributed by atoms with Crippen molar-refractivity contribution in [2.24, 2.45) is 5.92 Å². The average molecular weight is 476 g/mol. The number of nitrogens with one attached hydrogen (secondary N) is 1. The minimum absolute atomic E-state index is 0.137. The molecule has 1 amide bonds. The maximum atomic E-state index is 14.8. The van der Waals surface area contributed by atoms with Crippen molar-refractivity contribution in [3.05, 3.63) is 45.2 Å². The summed E-state index contributed by atoms with van der Waals surface area (Å²) in [5.41, 5.74) is 2.29. The summed E-state index contributed by atoms with van der Waals surface area (Å²) in [4.78, 5) is 19.5. The summed E-state index contributed by atoms with van der Waals surface area (Å²) >= 11 is 3.12. The van der Waals surface area contributed by atoms with Crippen LogP contribution in [0.1, 0.15) is 71.1 Å². The third kappa shape index (κ3) is 5.64. The molecular weight excluding hydrogens is 445 g/mol. The first kappa shape index (κ1) is 22.2. The standard InChI is InChI=1S/C24H30FN3O2S2/c1-15-26-18(14-31-15)12-28-8-6-16(7-9-28)13-30-23-11-22(25)21(10-20(23)17-2-3-17)24(29)27-32-19-4-5-19/h10-11,14,16-17,19H,2-9,12-13H2,1H3,(H,27,29). The summed E-state index contributed by atoms with van der Waals surface area (Å²) in [5, 5.41) is 3.75. The summed E-state index contributed by atoms with van der Waals surface area (Å²) < 4.78 is 23.7. The number of hydrogen-bond donors (Lipinski definition) is 1. The molecule has 0 bridgehead atoms. The van der Waals surface area contributed by atoms with Crippen molar-refractivity contribution in [2.45, 2.75) is 63.2 Å². The minimum atomic E-state index is -0.494. The van der Waals surface area contributed by atoms with Gasteiger partial charge in [0.2, 0.25) is 0 Å². The van der Waals surface area contributed by atoms with Crippen molar-refractivity contribution in [2.75, 3.05) is 19.7 Å². The van der Waals surface area contributed by atoms with Crippen LogP contribution in [0.25, 0.3) is 0 Å². The molecule has 0 radical (unpaired) electrons. The van der Waals surface area contributed by atoms with Crippen LogP contribution in [0, 0.1) is 18.7 Å². The van der Waals surface area contributed by atoms with Gasteiger partial charge in [-0.05, 0) is 94.0 Å². The van der Waals surface area contributed by atoms with E-state index >= 15 is 0 Å². The molecule has 1 aromatic carbocycles. The van der Waals surface area contributed by atoms with E-state index in [0.717, 1.165) is 74.4 Å². The Bertz CT molecular complexity index is 966. The summed E-state index contributed by atoms with van der Waals surface area (Å²) in [7, 11) is 0. The molecule has 1 saturated heterocycles. The van der Waals surface area contributed by atoms with Crippen molar-refractivity contribution in [1.82, 2.24) is 14.6 Å². The Morgan fingerprint density at radius 1 is 1.25 bits per heavy atom. The lowest BCUT2D eigenvalue weighted by molar-refractivity contribution is 0.0980. The fourth-order valence-electron chi connectivity index (χ4n) is 4.19. The van der Waals surface area contributed by atoms with Gasteiger partial charge >= 0.3 is 0 Å². The van der Waals surface area contributed by atoms with Gasteiger partial charge in [-0.1, -0.05) is 0 Å². The van der Waals surface area contributed by atoms with Crippen LogP contribution >= 0.6 is 23.3 Å². The number of rotatable bonds is 9. The minimum Gasteiger partial charge on any atom is -0.493 e. The lowest BCUT2D eigenvalue weighted by Gasteiger charge is -2.31.